The lowest BCUT2D eigenvalue weighted by Gasteiger charge is -2.00. The van der Waals surface area contributed by atoms with Crippen molar-refractivity contribution in [1.82, 2.24) is 14.3 Å². The summed E-state index contributed by atoms with van der Waals surface area (Å²) in [6, 6.07) is 2.88. The van der Waals surface area contributed by atoms with Crippen LogP contribution in [0.5, 0.6) is 0 Å². The van der Waals surface area contributed by atoms with Crippen molar-refractivity contribution in [3.63, 3.8) is 0 Å². The molecule has 0 unspecified atom stereocenters. The van der Waals surface area contributed by atoms with Crippen molar-refractivity contribution in [2.24, 2.45) is 7.05 Å². The molecule has 0 aliphatic heterocycles. The van der Waals surface area contributed by atoms with Gasteiger partial charge in [-0.3, -0.25) is 4.57 Å². The van der Waals surface area contributed by atoms with Crippen molar-refractivity contribution in [3.05, 3.63) is 46.1 Å². The molecule has 0 saturated carbocycles. The first-order valence-corrected chi connectivity index (χ1v) is 4.59. The van der Waals surface area contributed by atoms with Crippen LogP contribution in [0.1, 0.15) is 5.82 Å². The van der Waals surface area contributed by atoms with Crippen LogP contribution in [0, 0.1) is 18.6 Å². The molecular formula is C10H9F2N3O. The quantitative estimate of drug-likeness (QED) is 0.730. The van der Waals surface area contributed by atoms with Crippen LogP contribution in [0.15, 0.2) is 23.0 Å². The first-order chi connectivity index (χ1) is 7.50. The van der Waals surface area contributed by atoms with E-state index in [2.05, 4.69) is 5.10 Å². The Morgan fingerprint density at radius 3 is 2.56 bits per heavy atom. The molecule has 1 heterocycles. The minimum absolute atomic E-state index is 0.186. The van der Waals surface area contributed by atoms with Gasteiger partial charge in [0.2, 0.25) is 0 Å². The molecule has 0 bridgehead atoms. The summed E-state index contributed by atoms with van der Waals surface area (Å²) < 4.78 is 28.5. The maximum Gasteiger partial charge on any atom is 0.350 e. The molecule has 0 amide bonds. The summed E-state index contributed by atoms with van der Waals surface area (Å²) in [5.74, 6) is -0.887. The highest BCUT2D eigenvalue weighted by Gasteiger charge is 2.13. The summed E-state index contributed by atoms with van der Waals surface area (Å²) in [7, 11) is 1.51. The third-order valence-electron chi connectivity index (χ3n) is 2.33. The fourth-order valence-corrected chi connectivity index (χ4v) is 1.34. The number of benzene rings is 1. The van der Waals surface area contributed by atoms with Crippen LogP contribution in [0.3, 0.4) is 0 Å². The molecule has 2 rings (SSSR count). The van der Waals surface area contributed by atoms with Crippen molar-refractivity contribution in [2.45, 2.75) is 6.92 Å². The molecule has 0 atom stereocenters. The SMILES string of the molecule is Cc1nn(-c2cc(F)ccc2F)c(=O)n1C. The second-order valence-electron chi connectivity index (χ2n) is 3.40. The first-order valence-electron chi connectivity index (χ1n) is 4.59. The molecule has 0 N–H and O–H groups in total. The van der Waals surface area contributed by atoms with Gasteiger partial charge < -0.3 is 0 Å². The molecule has 0 radical (unpaired) electrons. The van der Waals surface area contributed by atoms with Crippen LogP contribution >= 0.6 is 0 Å². The number of aromatic nitrogens is 3. The molecule has 84 valence electrons. The molecule has 1 aromatic heterocycles. The van der Waals surface area contributed by atoms with E-state index in [9.17, 15) is 13.6 Å². The zero-order chi connectivity index (χ0) is 11.9. The van der Waals surface area contributed by atoms with Crippen LogP contribution in [0.4, 0.5) is 8.78 Å². The van der Waals surface area contributed by atoms with Crippen molar-refractivity contribution >= 4 is 0 Å². The lowest BCUT2D eigenvalue weighted by atomic mass is 10.3. The monoisotopic (exact) mass is 225 g/mol. The van der Waals surface area contributed by atoms with Crippen molar-refractivity contribution in [1.29, 1.82) is 0 Å². The van der Waals surface area contributed by atoms with E-state index in [1.807, 2.05) is 0 Å². The maximum atomic E-state index is 13.4. The van der Waals surface area contributed by atoms with Gasteiger partial charge in [-0.05, 0) is 19.1 Å². The lowest BCUT2D eigenvalue weighted by Crippen LogP contribution is -2.22. The van der Waals surface area contributed by atoms with Gasteiger partial charge in [-0.1, -0.05) is 0 Å². The molecule has 6 heteroatoms. The molecule has 4 nitrogen and oxygen atoms in total. The van der Waals surface area contributed by atoms with Crippen LogP contribution in [0.2, 0.25) is 0 Å². The number of nitrogens with zero attached hydrogens (tertiary/aromatic N) is 3. The Labute approximate surface area is 89.7 Å². The summed E-state index contributed by atoms with van der Waals surface area (Å²) in [5.41, 5.74) is -0.698. The van der Waals surface area contributed by atoms with Crippen LogP contribution in [0.25, 0.3) is 5.69 Å². The topological polar surface area (TPSA) is 39.8 Å². The summed E-state index contributed by atoms with van der Waals surface area (Å²) in [6.45, 7) is 1.61. The summed E-state index contributed by atoms with van der Waals surface area (Å²) in [5, 5.41) is 3.84. The zero-order valence-electron chi connectivity index (χ0n) is 8.74. The Morgan fingerprint density at radius 1 is 1.31 bits per heavy atom. The second-order valence-corrected chi connectivity index (χ2v) is 3.40. The Balaban J connectivity index is 2.72. The van der Waals surface area contributed by atoms with Gasteiger partial charge >= 0.3 is 5.69 Å². The van der Waals surface area contributed by atoms with Crippen molar-refractivity contribution < 1.29 is 8.78 Å². The molecule has 16 heavy (non-hydrogen) atoms. The average molecular weight is 225 g/mol. The molecule has 0 aliphatic rings. The molecule has 2 aromatic rings. The van der Waals surface area contributed by atoms with E-state index >= 15 is 0 Å². The van der Waals surface area contributed by atoms with E-state index in [-0.39, 0.29) is 5.69 Å². The molecular weight excluding hydrogens is 216 g/mol. The van der Waals surface area contributed by atoms with Crippen LogP contribution in [-0.4, -0.2) is 14.3 Å². The number of rotatable bonds is 1. The third kappa shape index (κ3) is 1.52. The number of hydrogen-bond acceptors (Lipinski definition) is 2. The minimum atomic E-state index is -0.693. The Bertz CT molecular complexity index is 601. The predicted molar refractivity (Wildman–Crippen MR) is 53.5 cm³/mol. The number of hydrogen-bond donors (Lipinski definition) is 0. The predicted octanol–water partition coefficient (Wildman–Crippen LogP) is 1.16. The highest BCUT2D eigenvalue weighted by molar-refractivity contribution is 5.32. The van der Waals surface area contributed by atoms with Crippen molar-refractivity contribution in [2.75, 3.05) is 0 Å². The van der Waals surface area contributed by atoms with Crippen molar-refractivity contribution in [3.8, 4) is 5.69 Å². The molecule has 1 aromatic carbocycles. The highest BCUT2D eigenvalue weighted by atomic mass is 19.1. The van der Waals surface area contributed by atoms with Gasteiger partial charge in [0, 0.05) is 13.1 Å². The largest absolute Gasteiger partial charge is 0.350 e. The van der Waals surface area contributed by atoms with Gasteiger partial charge in [0.1, 0.15) is 23.1 Å². The summed E-state index contributed by atoms with van der Waals surface area (Å²) >= 11 is 0. The molecule has 0 aliphatic carbocycles. The van der Waals surface area contributed by atoms with E-state index in [0.29, 0.717) is 5.82 Å². The zero-order valence-corrected chi connectivity index (χ0v) is 8.74. The first kappa shape index (κ1) is 10.5. The maximum absolute atomic E-state index is 13.4. The molecule has 0 fully saturated rings. The van der Waals surface area contributed by atoms with Gasteiger partial charge in [0.25, 0.3) is 0 Å². The normalized spacial score (nSPS) is 10.8. The Kier molecular flexibility index (Phi) is 2.34. The van der Waals surface area contributed by atoms with Gasteiger partial charge in [-0.15, -0.1) is 0 Å². The summed E-state index contributed by atoms with van der Waals surface area (Å²) in [4.78, 5) is 11.6. The van der Waals surface area contributed by atoms with E-state index in [4.69, 9.17) is 0 Å². The average Bonchev–Trinajstić information content (AvgIpc) is 2.50. The third-order valence-corrected chi connectivity index (χ3v) is 2.33. The van der Waals surface area contributed by atoms with Gasteiger partial charge in [-0.25, -0.2) is 13.6 Å². The lowest BCUT2D eigenvalue weighted by molar-refractivity contribution is 0.583. The summed E-state index contributed by atoms with van der Waals surface area (Å²) in [6.07, 6.45) is 0. The molecule has 0 spiro atoms. The van der Waals surface area contributed by atoms with E-state index in [1.54, 1.807) is 6.92 Å². The van der Waals surface area contributed by atoms with E-state index < -0.39 is 17.3 Å². The fourth-order valence-electron chi connectivity index (χ4n) is 1.34. The van der Waals surface area contributed by atoms with E-state index in [1.165, 1.54) is 11.6 Å². The smallest absolute Gasteiger partial charge is 0.282 e. The van der Waals surface area contributed by atoms with Gasteiger partial charge in [0.05, 0.1) is 0 Å². The second kappa shape index (κ2) is 3.55. The Morgan fingerprint density at radius 2 is 2.00 bits per heavy atom. The van der Waals surface area contributed by atoms with Crippen LogP contribution in [-0.2, 0) is 7.05 Å². The highest BCUT2D eigenvalue weighted by Crippen LogP contribution is 2.12. The van der Waals surface area contributed by atoms with Gasteiger partial charge in [0.15, 0.2) is 0 Å². The van der Waals surface area contributed by atoms with E-state index in [0.717, 1.165) is 22.9 Å². The standard InChI is InChI=1S/C10H9F2N3O/c1-6-13-15(10(16)14(6)2)9-5-7(11)3-4-8(9)12/h3-5H,1-2H3. The Hall–Kier alpha value is -1.98. The number of aryl methyl sites for hydroxylation is 1. The number of halogens is 2. The molecule has 0 saturated heterocycles. The van der Waals surface area contributed by atoms with Crippen LogP contribution < -0.4 is 5.69 Å². The minimum Gasteiger partial charge on any atom is -0.282 e. The van der Waals surface area contributed by atoms with Gasteiger partial charge in [-0.2, -0.15) is 9.78 Å². The fraction of sp³-hybridized carbons (Fsp3) is 0.200.